The van der Waals surface area contributed by atoms with E-state index in [9.17, 15) is 0 Å². The number of hydrogen-bond donors (Lipinski definition) is 0. The van der Waals surface area contributed by atoms with Gasteiger partial charge in [0, 0.05) is 36.9 Å². The highest BCUT2D eigenvalue weighted by molar-refractivity contribution is 7.26. The summed E-state index contributed by atoms with van der Waals surface area (Å²) in [5, 5.41) is 5.02. The quantitative estimate of drug-likeness (QED) is 0.213. The molecule has 2 heterocycles. The highest BCUT2D eigenvalue weighted by Crippen LogP contribution is 2.41. The van der Waals surface area contributed by atoms with Gasteiger partial charge in [-0.05, 0) is 64.1 Å². The van der Waals surface area contributed by atoms with Gasteiger partial charge >= 0.3 is 0 Å². The number of thiophene rings is 1. The second-order valence-corrected chi connectivity index (χ2v) is 12.2. The summed E-state index contributed by atoms with van der Waals surface area (Å²) >= 11 is 1.80. The molecular weight excluding hydrogens is 543 g/mol. The maximum atomic E-state index is 5.13. The van der Waals surface area contributed by atoms with E-state index in [0.29, 0.717) is 17.5 Å². The third kappa shape index (κ3) is 3.98. The van der Waals surface area contributed by atoms with Gasteiger partial charge in [0.1, 0.15) is 0 Å². The van der Waals surface area contributed by atoms with Gasteiger partial charge in [0.2, 0.25) is 0 Å². The van der Waals surface area contributed by atoms with E-state index < -0.39 is 0 Å². The Labute approximate surface area is 253 Å². The van der Waals surface area contributed by atoms with Crippen molar-refractivity contribution in [1.82, 2.24) is 15.0 Å². The Hall–Kier alpha value is -5.19. The molecule has 2 aromatic heterocycles. The van der Waals surface area contributed by atoms with E-state index in [1.165, 1.54) is 53.2 Å². The van der Waals surface area contributed by atoms with E-state index in [1.807, 2.05) is 18.2 Å². The Kier molecular flexibility index (Phi) is 5.50. The molecule has 6 aromatic carbocycles. The fourth-order valence-corrected chi connectivity index (χ4v) is 7.79. The van der Waals surface area contributed by atoms with Crippen LogP contribution in [0.5, 0.6) is 0 Å². The molecule has 9 rings (SSSR count). The second-order valence-electron chi connectivity index (χ2n) is 11.1. The molecule has 0 aliphatic heterocycles. The van der Waals surface area contributed by atoms with Gasteiger partial charge < -0.3 is 0 Å². The molecule has 0 saturated carbocycles. The Balaban J connectivity index is 1.23. The molecule has 1 aliphatic rings. The van der Waals surface area contributed by atoms with Gasteiger partial charge in [0.15, 0.2) is 17.5 Å². The van der Waals surface area contributed by atoms with Crippen molar-refractivity contribution in [3.05, 3.63) is 139 Å². The summed E-state index contributed by atoms with van der Waals surface area (Å²) in [6.45, 7) is 0. The van der Waals surface area contributed by atoms with Crippen LogP contribution in [0.15, 0.2) is 127 Å². The van der Waals surface area contributed by atoms with Gasteiger partial charge in [-0.15, -0.1) is 11.3 Å². The first-order valence-electron chi connectivity index (χ1n) is 14.7. The maximum Gasteiger partial charge on any atom is 0.165 e. The molecule has 1 aliphatic carbocycles. The SMILES string of the molecule is c1ccc(-c2nc(-c3ccc4c5c(ccc4c3)-c3ccccc3CC5)nc(-c3cccc4c3sc3ccccc34)n2)cc1. The predicted octanol–water partition coefficient (Wildman–Crippen LogP) is 10.2. The maximum absolute atomic E-state index is 5.13. The first-order chi connectivity index (χ1) is 21.3. The predicted molar refractivity (Wildman–Crippen MR) is 179 cm³/mol. The lowest BCUT2D eigenvalue weighted by atomic mass is 9.83. The molecule has 3 nitrogen and oxygen atoms in total. The van der Waals surface area contributed by atoms with E-state index in [0.717, 1.165) is 29.5 Å². The zero-order valence-corrected chi connectivity index (χ0v) is 24.1. The summed E-state index contributed by atoms with van der Waals surface area (Å²) in [5.41, 5.74) is 8.59. The van der Waals surface area contributed by atoms with Crippen LogP contribution in [-0.2, 0) is 12.8 Å². The fraction of sp³-hybridized carbons (Fsp3) is 0.0513. The molecule has 43 heavy (non-hydrogen) atoms. The Morgan fingerprint density at radius 3 is 2.14 bits per heavy atom. The molecule has 202 valence electrons. The van der Waals surface area contributed by atoms with Crippen LogP contribution in [0.25, 0.3) is 76.2 Å². The Bertz CT molecular complexity index is 2350. The van der Waals surface area contributed by atoms with E-state index in [2.05, 4.69) is 109 Å². The van der Waals surface area contributed by atoms with Crippen LogP contribution >= 0.6 is 11.3 Å². The fourth-order valence-electron chi connectivity index (χ4n) is 6.58. The van der Waals surface area contributed by atoms with Gasteiger partial charge in [0.25, 0.3) is 0 Å². The van der Waals surface area contributed by atoms with Crippen molar-refractivity contribution < 1.29 is 0 Å². The van der Waals surface area contributed by atoms with Crippen molar-refractivity contribution >= 4 is 42.3 Å². The van der Waals surface area contributed by atoms with Crippen LogP contribution in [0.4, 0.5) is 0 Å². The van der Waals surface area contributed by atoms with Crippen molar-refractivity contribution in [3.63, 3.8) is 0 Å². The molecule has 0 saturated heterocycles. The molecule has 4 heteroatoms. The zero-order chi connectivity index (χ0) is 28.3. The van der Waals surface area contributed by atoms with Gasteiger partial charge in [-0.1, -0.05) is 109 Å². The molecule has 0 spiro atoms. The number of aromatic nitrogens is 3. The average Bonchev–Trinajstić information content (AvgIpc) is 3.47. The third-order valence-electron chi connectivity index (χ3n) is 8.65. The normalized spacial score (nSPS) is 12.5. The first-order valence-corrected chi connectivity index (χ1v) is 15.5. The Morgan fingerprint density at radius 2 is 1.21 bits per heavy atom. The summed E-state index contributed by atoms with van der Waals surface area (Å²) in [6.07, 6.45) is 2.13. The van der Waals surface area contributed by atoms with Crippen molar-refractivity contribution in [3.8, 4) is 45.3 Å². The van der Waals surface area contributed by atoms with Crippen LogP contribution < -0.4 is 0 Å². The average molecular weight is 568 g/mol. The van der Waals surface area contributed by atoms with Crippen LogP contribution in [0.1, 0.15) is 11.1 Å². The van der Waals surface area contributed by atoms with Crippen molar-refractivity contribution in [2.75, 3.05) is 0 Å². The summed E-state index contributed by atoms with van der Waals surface area (Å²) in [5.74, 6) is 2.07. The standard InChI is InChI=1S/C39H25N3S/c1-2-10-25(11-3-1)37-40-38(42-39(41-37)34-15-8-14-33-32-13-6-7-16-35(32)43-36(33)34)27-19-20-29-26(23-27)18-22-30-28-12-5-4-9-24(28)17-21-31(29)30/h1-16,18-20,22-23H,17,21H2. The number of aryl methyl sites for hydroxylation is 2. The molecule has 0 fully saturated rings. The molecule has 0 bridgehead atoms. The van der Waals surface area contributed by atoms with Crippen LogP contribution in [0.3, 0.4) is 0 Å². The van der Waals surface area contributed by atoms with E-state index in [1.54, 1.807) is 11.3 Å². The third-order valence-corrected chi connectivity index (χ3v) is 9.87. The largest absolute Gasteiger partial charge is 0.208 e. The molecule has 0 amide bonds. The van der Waals surface area contributed by atoms with Gasteiger partial charge in [-0.3, -0.25) is 0 Å². The van der Waals surface area contributed by atoms with Crippen LogP contribution in [0.2, 0.25) is 0 Å². The summed E-state index contributed by atoms with van der Waals surface area (Å²) in [7, 11) is 0. The zero-order valence-electron chi connectivity index (χ0n) is 23.3. The van der Waals surface area contributed by atoms with E-state index in [4.69, 9.17) is 15.0 Å². The van der Waals surface area contributed by atoms with Gasteiger partial charge in [0.05, 0.1) is 0 Å². The first kappa shape index (κ1) is 24.4. The Morgan fingerprint density at radius 1 is 0.465 bits per heavy atom. The lowest BCUT2D eigenvalue weighted by Crippen LogP contribution is -2.04. The minimum absolute atomic E-state index is 0.681. The van der Waals surface area contributed by atoms with Crippen molar-refractivity contribution in [2.45, 2.75) is 12.8 Å². The monoisotopic (exact) mass is 567 g/mol. The molecule has 0 N–H and O–H groups in total. The molecule has 0 unspecified atom stereocenters. The topological polar surface area (TPSA) is 38.7 Å². The number of benzene rings is 6. The van der Waals surface area contributed by atoms with Gasteiger partial charge in [-0.25, -0.2) is 15.0 Å². The second kappa shape index (κ2) is 9.69. The molecule has 0 radical (unpaired) electrons. The highest BCUT2D eigenvalue weighted by atomic mass is 32.1. The van der Waals surface area contributed by atoms with E-state index >= 15 is 0 Å². The van der Waals surface area contributed by atoms with Crippen molar-refractivity contribution in [2.24, 2.45) is 0 Å². The van der Waals surface area contributed by atoms with Crippen LogP contribution in [-0.4, -0.2) is 15.0 Å². The van der Waals surface area contributed by atoms with Crippen LogP contribution in [0, 0.1) is 0 Å². The molecular formula is C39H25N3S. The molecule has 0 atom stereocenters. The summed E-state index contributed by atoms with van der Waals surface area (Å²) in [4.78, 5) is 15.2. The van der Waals surface area contributed by atoms with E-state index in [-0.39, 0.29) is 0 Å². The summed E-state index contributed by atoms with van der Waals surface area (Å²) < 4.78 is 2.47. The minimum atomic E-state index is 0.681. The lowest BCUT2D eigenvalue weighted by molar-refractivity contribution is 0.951. The lowest BCUT2D eigenvalue weighted by Gasteiger charge is -2.21. The highest BCUT2D eigenvalue weighted by Gasteiger charge is 2.20. The molecule has 8 aromatic rings. The number of hydrogen-bond acceptors (Lipinski definition) is 4. The number of fused-ring (bicyclic) bond motifs is 8. The van der Waals surface area contributed by atoms with Crippen molar-refractivity contribution in [1.29, 1.82) is 0 Å². The number of rotatable bonds is 3. The smallest absolute Gasteiger partial charge is 0.165 e. The van der Waals surface area contributed by atoms with Gasteiger partial charge in [-0.2, -0.15) is 0 Å². The summed E-state index contributed by atoms with van der Waals surface area (Å²) in [6, 6.07) is 45.2. The number of nitrogens with zero attached hydrogens (tertiary/aromatic N) is 3. The minimum Gasteiger partial charge on any atom is -0.208 e.